The van der Waals surface area contributed by atoms with Crippen molar-refractivity contribution in [3.8, 4) is 0 Å². The molecule has 1 aliphatic rings. The Kier molecular flexibility index (Phi) is 4.67. The Labute approximate surface area is 158 Å². The monoisotopic (exact) mass is 359 g/mol. The van der Waals surface area contributed by atoms with Crippen LogP contribution in [0.15, 0.2) is 58.2 Å². The SMILES string of the molecule is Cc1cc(C2=NCc3cc(CC(=O)C[C@H](C)c4ccccc4)ncc32)no1. The maximum absolute atomic E-state index is 12.5. The van der Waals surface area contributed by atoms with Crippen LogP contribution in [0, 0.1) is 6.92 Å². The molecule has 0 N–H and O–H groups in total. The first-order chi connectivity index (χ1) is 13.1. The van der Waals surface area contributed by atoms with Crippen LogP contribution < -0.4 is 0 Å². The Morgan fingerprint density at radius 3 is 2.78 bits per heavy atom. The lowest BCUT2D eigenvalue weighted by atomic mass is 9.94. The van der Waals surface area contributed by atoms with Crippen molar-refractivity contribution in [3.63, 3.8) is 0 Å². The van der Waals surface area contributed by atoms with E-state index in [1.54, 1.807) is 6.20 Å². The van der Waals surface area contributed by atoms with E-state index < -0.39 is 0 Å². The van der Waals surface area contributed by atoms with E-state index in [1.165, 1.54) is 5.56 Å². The van der Waals surface area contributed by atoms with Crippen molar-refractivity contribution in [2.75, 3.05) is 0 Å². The quantitative estimate of drug-likeness (QED) is 0.666. The molecule has 0 amide bonds. The molecule has 0 radical (unpaired) electrons. The fourth-order valence-electron chi connectivity index (χ4n) is 3.45. The summed E-state index contributed by atoms with van der Waals surface area (Å²) in [5.41, 5.74) is 5.58. The number of aliphatic imine (C=N–C) groups is 1. The predicted octanol–water partition coefficient (Wildman–Crippen LogP) is 4.03. The second-order valence-electron chi connectivity index (χ2n) is 7.05. The third-order valence-electron chi connectivity index (χ3n) is 4.86. The maximum Gasteiger partial charge on any atom is 0.139 e. The van der Waals surface area contributed by atoms with Crippen molar-refractivity contribution in [1.82, 2.24) is 10.1 Å². The fourth-order valence-corrected chi connectivity index (χ4v) is 3.45. The number of hydrogen-bond acceptors (Lipinski definition) is 5. The van der Waals surface area contributed by atoms with Crippen molar-refractivity contribution in [2.45, 2.75) is 39.2 Å². The Bertz CT molecular complexity index is 1010. The average molecular weight is 359 g/mol. The molecule has 0 fully saturated rings. The van der Waals surface area contributed by atoms with Crippen molar-refractivity contribution >= 4 is 11.5 Å². The van der Waals surface area contributed by atoms with E-state index >= 15 is 0 Å². The fraction of sp³-hybridized carbons (Fsp3) is 0.273. The molecule has 1 aliphatic heterocycles. The van der Waals surface area contributed by atoms with Gasteiger partial charge in [0.2, 0.25) is 0 Å². The zero-order valence-corrected chi connectivity index (χ0v) is 15.5. The molecule has 0 bridgehead atoms. The van der Waals surface area contributed by atoms with Gasteiger partial charge in [-0.15, -0.1) is 0 Å². The molecule has 0 saturated heterocycles. The van der Waals surface area contributed by atoms with Gasteiger partial charge >= 0.3 is 0 Å². The molecule has 0 saturated carbocycles. The molecule has 2 aromatic heterocycles. The summed E-state index contributed by atoms with van der Waals surface area (Å²) in [7, 11) is 0. The highest BCUT2D eigenvalue weighted by atomic mass is 16.5. The molecule has 5 nitrogen and oxygen atoms in total. The van der Waals surface area contributed by atoms with Gasteiger partial charge in [-0.2, -0.15) is 0 Å². The van der Waals surface area contributed by atoms with Crippen LogP contribution >= 0.6 is 0 Å². The highest BCUT2D eigenvalue weighted by Gasteiger charge is 2.22. The van der Waals surface area contributed by atoms with Crippen LogP contribution in [0.25, 0.3) is 0 Å². The van der Waals surface area contributed by atoms with E-state index in [0.29, 0.717) is 19.4 Å². The molecule has 3 heterocycles. The second kappa shape index (κ2) is 7.27. The van der Waals surface area contributed by atoms with Crippen LogP contribution in [0.3, 0.4) is 0 Å². The number of ketones is 1. The van der Waals surface area contributed by atoms with Gasteiger partial charge in [0.15, 0.2) is 0 Å². The zero-order chi connectivity index (χ0) is 18.8. The van der Waals surface area contributed by atoms with Gasteiger partial charge in [0, 0.05) is 36.4 Å². The molecule has 5 heteroatoms. The van der Waals surface area contributed by atoms with Gasteiger partial charge in [-0.3, -0.25) is 14.8 Å². The zero-order valence-electron chi connectivity index (χ0n) is 15.5. The van der Waals surface area contributed by atoms with Crippen LogP contribution in [-0.4, -0.2) is 21.6 Å². The summed E-state index contributed by atoms with van der Waals surface area (Å²) in [4.78, 5) is 21.6. The topological polar surface area (TPSA) is 68.3 Å². The standard InChI is InChI=1S/C22H21N3O2/c1-14(16-6-4-3-5-7-16)8-19(26)11-18-10-17-12-24-22(20(17)13-23-18)21-9-15(2)27-25-21/h3-7,9-10,13-14H,8,11-12H2,1-2H3/t14-/m0/s1. The minimum Gasteiger partial charge on any atom is -0.361 e. The average Bonchev–Trinajstić information content (AvgIpc) is 3.27. The summed E-state index contributed by atoms with van der Waals surface area (Å²) in [5, 5.41) is 4.04. The van der Waals surface area contributed by atoms with E-state index in [1.807, 2.05) is 37.3 Å². The lowest BCUT2D eigenvalue weighted by Gasteiger charge is -2.11. The summed E-state index contributed by atoms with van der Waals surface area (Å²) >= 11 is 0. The normalized spacial score (nSPS) is 13.9. The molecular formula is C22H21N3O2. The van der Waals surface area contributed by atoms with Crippen LogP contribution in [0.1, 0.15) is 53.1 Å². The summed E-state index contributed by atoms with van der Waals surface area (Å²) in [6.07, 6.45) is 2.67. The molecule has 27 heavy (non-hydrogen) atoms. The van der Waals surface area contributed by atoms with Gasteiger partial charge in [0.1, 0.15) is 17.2 Å². The molecule has 0 unspecified atom stereocenters. The van der Waals surface area contributed by atoms with Gasteiger partial charge in [0.25, 0.3) is 0 Å². The Balaban J connectivity index is 1.44. The van der Waals surface area contributed by atoms with Crippen LogP contribution in [0.4, 0.5) is 0 Å². The third kappa shape index (κ3) is 3.72. The maximum atomic E-state index is 12.5. The second-order valence-corrected chi connectivity index (χ2v) is 7.05. The first kappa shape index (κ1) is 17.3. The number of carbonyl (C=O) groups is 1. The van der Waals surface area contributed by atoms with E-state index in [-0.39, 0.29) is 11.7 Å². The lowest BCUT2D eigenvalue weighted by Crippen LogP contribution is -2.10. The molecule has 0 aliphatic carbocycles. The third-order valence-corrected chi connectivity index (χ3v) is 4.86. The Morgan fingerprint density at radius 2 is 2.04 bits per heavy atom. The smallest absolute Gasteiger partial charge is 0.139 e. The first-order valence-electron chi connectivity index (χ1n) is 9.13. The van der Waals surface area contributed by atoms with Gasteiger partial charge in [0.05, 0.1) is 12.3 Å². The molecular weight excluding hydrogens is 338 g/mol. The highest BCUT2D eigenvalue weighted by molar-refractivity contribution is 6.13. The number of benzene rings is 1. The number of pyridine rings is 1. The molecule has 0 spiro atoms. The molecule has 4 rings (SSSR count). The summed E-state index contributed by atoms with van der Waals surface area (Å²) < 4.78 is 5.15. The summed E-state index contributed by atoms with van der Waals surface area (Å²) in [6, 6.07) is 14.0. The number of carbonyl (C=O) groups excluding carboxylic acids is 1. The molecule has 136 valence electrons. The minimum absolute atomic E-state index is 0.199. The van der Waals surface area contributed by atoms with Gasteiger partial charge < -0.3 is 4.52 Å². The summed E-state index contributed by atoms with van der Waals surface area (Å²) in [5.74, 6) is 1.16. The van der Waals surface area contributed by atoms with E-state index in [9.17, 15) is 4.79 Å². The number of Topliss-reactive ketones (excluding diaryl/α,β-unsaturated/α-hetero) is 1. The minimum atomic E-state index is 0.199. The van der Waals surface area contributed by atoms with Crippen LogP contribution in [0.2, 0.25) is 0 Å². The van der Waals surface area contributed by atoms with Gasteiger partial charge in [-0.1, -0.05) is 42.4 Å². The first-order valence-corrected chi connectivity index (χ1v) is 9.13. The van der Waals surface area contributed by atoms with Crippen LogP contribution in [-0.2, 0) is 17.8 Å². The Morgan fingerprint density at radius 1 is 1.22 bits per heavy atom. The van der Waals surface area contributed by atoms with E-state index in [2.05, 4.69) is 34.2 Å². The van der Waals surface area contributed by atoms with Crippen molar-refractivity contribution in [2.24, 2.45) is 4.99 Å². The van der Waals surface area contributed by atoms with Gasteiger partial charge in [-0.05, 0) is 30.0 Å². The van der Waals surface area contributed by atoms with E-state index in [4.69, 9.17) is 4.52 Å². The van der Waals surface area contributed by atoms with Gasteiger partial charge in [-0.25, -0.2) is 0 Å². The largest absolute Gasteiger partial charge is 0.361 e. The van der Waals surface area contributed by atoms with Crippen molar-refractivity contribution in [3.05, 3.63) is 82.5 Å². The number of hydrogen-bond donors (Lipinski definition) is 0. The Hall–Kier alpha value is -3.08. The summed E-state index contributed by atoms with van der Waals surface area (Å²) in [6.45, 7) is 4.53. The number of nitrogens with zero attached hydrogens (tertiary/aromatic N) is 3. The number of rotatable bonds is 6. The number of aryl methyl sites for hydroxylation is 1. The van der Waals surface area contributed by atoms with Crippen LogP contribution in [0.5, 0.6) is 0 Å². The number of fused-ring (bicyclic) bond motifs is 1. The molecule has 1 aromatic carbocycles. The van der Waals surface area contributed by atoms with Crippen molar-refractivity contribution in [1.29, 1.82) is 0 Å². The molecule has 1 atom stereocenters. The van der Waals surface area contributed by atoms with Crippen molar-refractivity contribution < 1.29 is 9.32 Å². The highest BCUT2D eigenvalue weighted by Crippen LogP contribution is 2.24. The van der Waals surface area contributed by atoms with E-state index in [0.717, 1.165) is 34.0 Å². The lowest BCUT2D eigenvalue weighted by molar-refractivity contribution is -0.118. The predicted molar refractivity (Wildman–Crippen MR) is 103 cm³/mol. The number of aromatic nitrogens is 2. The molecule has 3 aromatic rings.